The van der Waals surface area contributed by atoms with E-state index < -0.39 is 17.4 Å². The Hall–Kier alpha value is -4.18. The summed E-state index contributed by atoms with van der Waals surface area (Å²) in [5, 5.41) is 8.06. The summed E-state index contributed by atoms with van der Waals surface area (Å²) in [4.78, 5) is 40.6. The van der Waals surface area contributed by atoms with Crippen molar-refractivity contribution in [3.8, 4) is 17.1 Å². The van der Waals surface area contributed by atoms with Crippen molar-refractivity contribution in [1.82, 2.24) is 10.3 Å². The van der Waals surface area contributed by atoms with Gasteiger partial charge >= 0.3 is 11.8 Å². The number of aromatic nitrogens is 1. The Morgan fingerprint density at radius 2 is 1.69 bits per heavy atom. The lowest BCUT2D eigenvalue weighted by Crippen LogP contribution is -2.49. The van der Waals surface area contributed by atoms with Gasteiger partial charge in [-0.15, -0.1) is 0 Å². The number of rotatable bonds is 9. The second-order valence-electron chi connectivity index (χ2n) is 8.43. The highest BCUT2D eigenvalue weighted by Crippen LogP contribution is 2.32. The monoisotopic (exact) mass is 480 g/mol. The van der Waals surface area contributed by atoms with Crippen molar-refractivity contribution in [1.29, 1.82) is 0 Å². The van der Waals surface area contributed by atoms with Crippen LogP contribution in [0.25, 0.3) is 11.3 Å². The van der Waals surface area contributed by atoms with E-state index in [1.165, 1.54) is 20.6 Å². The second-order valence-corrected chi connectivity index (χ2v) is 8.43. The van der Waals surface area contributed by atoms with E-state index in [1.54, 1.807) is 36.5 Å². The fourth-order valence-electron chi connectivity index (χ4n) is 3.46. The third-order valence-corrected chi connectivity index (χ3v) is 4.97. The van der Waals surface area contributed by atoms with Gasteiger partial charge in [-0.05, 0) is 50.1 Å². The zero-order valence-corrected chi connectivity index (χ0v) is 20.0. The highest BCUT2D eigenvalue weighted by molar-refractivity contribution is 6.39. The molecule has 1 heterocycles. The Balaban J connectivity index is 1.58. The Bertz CT molecular complexity index is 1170. The Morgan fingerprint density at radius 3 is 2.31 bits per heavy atom. The van der Waals surface area contributed by atoms with Crippen LogP contribution in [0.2, 0.25) is 0 Å². The van der Waals surface area contributed by atoms with Gasteiger partial charge in [-0.2, -0.15) is 0 Å². The highest BCUT2D eigenvalue weighted by atomic mass is 16.5. The van der Waals surface area contributed by atoms with Gasteiger partial charge in [0.25, 0.3) is 0 Å². The van der Waals surface area contributed by atoms with Crippen molar-refractivity contribution in [3.05, 3.63) is 60.6 Å². The van der Waals surface area contributed by atoms with E-state index in [1.807, 2.05) is 26.0 Å². The normalized spacial score (nSPS) is 11.0. The number of ether oxygens (including phenoxy) is 2. The molecule has 35 heavy (non-hydrogen) atoms. The molecule has 0 aliphatic carbocycles. The predicted molar refractivity (Wildman–Crippen MR) is 130 cm³/mol. The smallest absolute Gasteiger partial charge is 0.313 e. The molecule has 0 unspecified atom stereocenters. The molecule has 10 heteroatoms. The first-order chi connectivity index (χ1) is 16.7. The number of amides is 3. The van der Waals surface area contributed by atoms with Crippen LogP contribution in [0.4, 0.5) is 11.4 Å². The van der Waals surface area contributed by atoms with E-state index in [0.29, 0.717) is 34.9 Å². The summed E-state index contributed by atoms with van der Waals surface area (Å²) >= 11 is 0. The molecule has 3 N–H and O–H groups in total. The lowest BCUT2D eigenvalue weighted by atomic mass is 9.94. The highest BCUT2D eigenvalue weighted by Gasteiger charge is 2.25. The molecule has 0 bridgehead atoms. The molecule has 3 amide bonds. The average Bonchev–Trinajstić information content (AvgIpc) is 3.34. The van der Waals surface area contributed by atoms with Crippen molar-refractivity contribution >= 4 is 29.1 Å². The summed E-state index contributed by atoms with van der Waals surface area (Å²) in [7, 11) is 2.95. The molecule has 0 saturated heterocycles. The van der Waals surface area contributed by atoms with Crippen LogP contribution in [0.1, 0.15) is 19.4 Å². The van der Waals surface area contributed by atoms with Gasteiger partial charge in [0.05, 0.1) is 18.9 Å². The molecular weight excluding hydrogens is 452 g/mol. The van der Waals surface area contributed by atoms with Crippen molar-refractivity contribution < 1.29 is 28.3 Å². The van der Waals surface area contributed by atoms with Crippen LogP contribution in [0, 0.1) is 0 Å². The number of methoxy groups -OCH3 is 2. The maximum Gasteiger partial charge on any atom is 0.313 e. The molecule has 0 aliphatic heterocycles. The van der Waals surface area contributed by atoms with Crippen LogP contribution in [-0.2, 0) is 25.5 Å². The zero-order chi connectivity index (χ0) is 25.4. The largest absolute Gasteiger partial charge is 0.496 e. The molecule has 1 aromatic heterocycles. The lowest BCUT2D eigenvalue weighted by molar-refractivity contribution is -0.137. The van der Waals surface area contributed by atoms with Crippen LogP contribution >= 0.6 is 0 Å². The second kappa shape index (κ2) is 11.3. The van der Waals surface area contributed by atoms with E-state index in [-0.39, 0.29) is 12.5 Å². The van der Waals surface area contributed by atoms with E-state index >= 15 is 0 Å². The summed E-state index contributed by atoms with van der Waals surface area (Å²) in [6.07, 6.45) is 3.33. The zero-order valence-electron chi connectivity index (χ0n) is 20.0. The van der Waals surface area contributed by atoms with Crippen LogP contribution in [-0.4, -0.2) is 49.1 Å². The first-order valence-electron chi connectivity index (χ1n) is 10.8. The van der Waals surface area contributed by atoms with Gasteiger partial charge in [-0.1, -0.05) is 12.1 Å². The third-order valence-electron chi connectivity index (χ3n) is 4.97. The van der Waals surface area contributed by atoms with Crippen LogP contribution in [0.3, 0.4) is 0 Å². The van der Waals surface area contributed by atoms with Gasteiger partial charge in [0.2, 0.25) is 5.91 Å². The van der Waals surface area contributed by atoms with Gasteiger partial charge in [-0.25, -0.2) is 4.98 Å². The van der Waals surface area contributed by atoms with Gasteiger partial charge in [0.15, 0.2) is 12.2 Å². The quantitative estimate of drug-likeness (QED) is 0.401. The maximum absolute atomic E-state index is 12.6. The van der Waals surface area contributed by atoms with Gasteiger partial charge in [0.1, 0.15) is 12.4 Å². The Morgan fingerprint density at radius 1 is 0.971 bits per heavy atom. The molecule has 3 rings (SSSR count). The van der Waals surface area contributed by atoms with E-state index in [0.717, 1.165) is 5.56 Å². The van der Waals surface area contributed by atoms with Crippen molar-refractivity contribution in [2.45, 2.75) is 25.8 Å². The maximum atomic E-state index is 12.6. The van der Waals surface area contributed by atoms with Gasteiger partial charge < -0.3 is 29.8 Å². The summed E-state index contributed by atoms with van der Waals surface area (Å²) in [6.45, 7) is 3.62. The lowest BCUT2D eigenvalue weighted by Gasteiger charge is -2.26. The van der Waals surface area contributed by atoms with Crippen LogP contribution in [0.15, 0.2) is 59.5 Å². The van der Waals surface area contributed by atoms with Crippen molar-refractivity contribution in [2.24, 2.45) is 0 Å². The van der Waals surface area contributed by atoms with Crippen LogP contribution < -0.4 is 20.7 Å². The Kier molecular flexibility index (Phi) is 8.21. The first-order valence-corrected chi connectivity index (χ1v) is 10.8. The minimum absolute atomic E-state index is 0.0265. The van der Waals surface area contributed by atoms with Crippen molar-refractivity contribution in [2.75, 3.05) is 31.5 Å². The molecule has 0 spiro atoms. The number of nitrogens with one attached hydrogen (secondary N) is 3. The summed E-state index contributed by atoms with van der Waals surface area (Å²) in [6, 6.07) is 12.2. The minimum Gasteiger partial charge on any atom is -0.496 e. The van der Waals surface area contributed by atoms with E-state index in [4.69, 9.17) is 13.9 Å². The van der Waals surface area contributed by atoms with E-state index in [9.17, 15) is 14.4 Å². The van der Waals surface area contributed by atoms with Gasteiger partial charge in [0, 0.05) is 30.1 Å². The molecule has 0 aliphatic rings. The number of hydrogen-bond donors (Lipinski definition) is 3. The minimum atomic E-state index is -0.802. The molecule has 2 aromatic carbocycles. The molecule has 0 saturated carbocycles. The SMILES string of the molecule is COCC(=O)Nc1ccc(CC(C)(C)NC(=O)C(=O)Nc2ccc(-c3cnco3)c(OC)c2)cc1. The number of oxazole rings is 1. The number of anilines is 2. The molecule has 3 aromatic rings. The first kappa shape index (κ1) is 25.4. The fourth-order valence-corrected chi connectivity index (χ4v) is 3.46. The molecule has 10 nitrogen and oxygen atoms in total. The molecular formula is C25H28N4O6. The fraction of sp³-hybridized carbons (Fsp3) is 0.280. The standard InChI is InChI=1S/C25H28N4O6/c1-25(2,12-16-5-7-17(8-6-16)27-22(30)14-33-3)29-24(32)23(31)28-18-9-10-19(20(11-18)34-4)21-13-26-15-35-21/h5-11,13,15H,12,14H2,1-4H3,(H,27,30)(H,28,31)(H,29,32). The predicted octanol–water partition coefficient (Wildman–Crippen LogP) is 3.01. The Labute approximate surface area is 203 Å². The van der Waals surface area contributed by atoms with Crippen molar-refractivity contribution in [3.63, 3.8) is 0 Å². The summed E-state index contributed by atoms with van der Waals surface area (Å²) < 4.78 is 15.5. The summed E-state index contributed by atoms with van der Waals surface area (Å²) in [5.74, 6) is -0.837. The molecule has 0 radical (unpaired) electrons. The molecule has 0 fully saturated rings. The molecule has 0 atom stereocenters. The number of carbonyl (C=O) groups is 3. The van der Waals surface area contributed by atoms with Gasteiger partial charge in [-0.3, -0.25) is 14.4 Å². The number of benzene rings is 2. The summed E-state index contributed by atoms with van der Waals surface area (Å²) in [5.41, 5.74) is 1.92. The van der Waals surface area contributed by atoms with E-state index in [2.05, 4.69) is 20.9 Å². The number of nitrogens with zero attached hydrogens (tertiary/aromatic N) is 1. The average molecular weight is 481 g/mol. The number of carbonyl (C=O) groups excluding carboxylic acids is 3. The number of hydrogen-bond acceptors (Lipinski definition) is 7. The third kappa shape index (κ3) is 7.15. The molecule has 184 valence electrons. The van der Waals surface area contributed by atoms with Crippen LogP contribution in [0.5, 0.6) is 5.75 Å². The topological polar surface area (TPSA) is 132 Å².